The first-order valence-electron chi connectivity index (χ1n) is 5.24. The summed E-state index contributed by atoms with van der Waals surface area (Å²) >= 11 is 2.08. The van der Waals surface area contributed by atoms with Crippen LogP contribution in [-0.4, -0.2) is 47.1 Å². The summed E-state index contributed by atoms with van der Waals surface area (Å²) in [6, 6.07) is 0. The molecule has 7 heteroatoms. The number of fused-ring (bicyclic) bond motifs is 2. The summed E-state index contributed by atoms with van der Waals surface area (Å²) in [6.07, 6.45) is -1.89. The van der Waals surface area contributed by atoms with Crippen molar-refractivity contribution in [1.29, 1.82) is 0 Å². The molecule has 2 aliphatic rings. The highest BCUT2D eigenvalue weighted by Gasteiger charge is 2.53. The molecule has 5 atom stereocenters. The molecule has 17 heavy (non-hydrogen) atoms. The van der Waals surface area contributed by atoms with Gasteiger partial charge in [-0.15, -0.1) is 0 Å². The van der Waals surface area contributed by atoms with Crippen molar-refractivity contribution in [3.05, 3.63) is 0 Å². The van der Waals surface area contributed by atoms with Gasteiger partial charge in [-0.2, -0.15) is 0 Å². The fourth-order valence-corrected chi connectivity index (χ4v) is 2.92. The second-order valence-corrected chi connectivity index (χ2v) is 5.41. The largest absolute Gasteiger partial charge is 0.457 e. The lowest BCUT2D eigenvalue weighted by Gasteiger charge is -2.37. The Morgan fingerprint density at radius 1 is 1.18 bits per heavy atom. The molecule has 6 nitrogen and oxygen atoms in total. The van der Waals surface area contributed by atoms with E-state index in [0.29, 0.717) is 6.61 Å². The van der Waals surface area contributed by atoms with Gasteiger partial charge in [0.25, 0.3) is 0 Å². The molecule has 0 aromatic rings. The van der Waals surface area contributed by atoms with E-state index in [1.54, 1.807) is 0 Å². The molecule has 2 bridgehead atoms. The molecule has 0 spiro atoms. The highest BCUT2D eigenvalue weighted by atomic mass is 127. The van der Waals surface area contributed by atoms with Gasteiger partial charge < -0.3 is 18.9 Å². The Labute approximate surface area is 112 Å². The molecule has 2 heterocycles. The van der Waals surface area contributed by atoms with Gasteiger partial charge >= 0.3 is 11.9 Å². The van der Waals surface area contributed by atoms with E-state index in [2.05, 4.69) is 22.6 Å². The lowest BCUT2D eigenvalue weighted by molar-refractivity contribution is -0.198. The maximum Gasteiger partial charge on any atom is 0.303 e. The SMILES string of the molecule is CC(=O)OC1[C@H]2CO[C@H](O2)[C@H](I)[C@H]1OC(C)=O. The summed E-state index contributed by atoms with van der Waals surface area (Å²) in [5.41, 5.74) is 0. The smallest absolute Gasteiger partial charge is 0.303 e. The normalized spacial score (nSPS) is 39.8. The fraction of sp³-hybridized carbons (Fsp3) is 0.800. The summed E-state index contributed by atoms with van der Waals surface area (Å²) in [4.78, 5) is 22.1. The van der Waals surface area contributed by atoms with Crippen molar-refractivity contribution in [2.75, 3.05) is 6.61 Å². The van der Waals surface area contributed by atoms with Gasteiger partial charge in [-0.05, 0) is 0 Å². The summed E-state index contributed by atoms with van der Waals surface area (Å²) in [5, 5.41) is 0. The molecule has 0 aliphatic carbocycles. The quantitative estimate of drug-likeness (QED) is 0.406. The van der Waals surface area contributed by atoms with Gasteiger partial charge in [0.1, 0.15) is 10.0 Å². The molecule has 2 aliphatic heterocycles. The zero-order chi connectivity index (χ0) is 12.6. The Kier molecular flexibility index (Phi) is 3.88. The number of ether oxygens (including phenoxy) is 4. The van der Waals surface area contributed by atoms with Gasteiger partial charge in [0, 0.05) is 13.8 Å². The molecule has 0 amide bonds. The van der Waals surface area contributed by atoms with Crippen LogP contribution >= 0.6 is 22.6 Å². The van der Waals surface area contributed by atoms with Crippen molar-refractivity contribution in [2.24, 2.45) is 0 Å². The van der Waals surface area contributed by atoms with Crippen molar-refractivity contribution in [3.8, 4) is 0 Å². The zero-order valence-electron chi connectivity index (χ0n) is 9.42. The van der Waals surface area contributed by atoms with Gasteiger partial charge in [-0.3, -0.25) is 9.59 Å². The molecular weight excluding hydrogens is 343 g/mol. The van der Waals surface area contributed by atoms with Gasteiger partial charge in [0.05, 0.1) is 6.61 Å². The van der Waals surface area contributed by atoms with E-state index in [1.165, 1.54) is 13.8 Å². The Morgan fingerprint density at radius 2 is 1.76 bits per heavy atom. The first-order chi connectivity index (χ1) is 7.99. The number of hydrogen-bond acceptors (Lipinski definition) is 6. The first kappa shape index (κ1) is 13.0. The third-order valence-electron chi connectivity index (χ3n) is 2.60. The van der Waals surface area contributed by atoms with Crippen molar-refractivity contribution < 1.29 is 28.5 Å². The molecule has 0 aromatic heterocycles. The highest BCUT2D eigenvalue weighted by Crippen LogP contribution is 2.35. The first-order valence-corrected chi connectivity index (χ1v) is 6.49. The molecule has 96 valence electrons. The average Bonchev–Trinajstić information content (AvgIpc) is 2.65. The Morgan fingerprint density at radius 3 is 2.35 bits per heavy atom. The van der Waals surface area contributed by atoms with Gasteiger partial charge in [-0.25, -0.2) is 0 Å². The maximum absolute atomic E-state index is 11.1. The lowest BCUT2D eigenvalue weighted by Crippen LogP contribution is -2.54. The van der Waals surface area contributed by atoms with Crippen molar-refractivity contribution in [1.82, 2.24) is 0 Å². The Bertz CT molecular complexity index is 317. The molecule has 2 saturated heterocycles. The minimum Gasteiger partial charge on any atom is -0.457 e. The zero-order valence-corrected chi connectivity index (χ0v) is 11.6. The van der Waals surface area contributed by atoms with E-state index in [4.69, 9.17) is 18.9 Å². The lowest BCUT2D eigenvalue weighted by atomic mass is 10.0. The van der Waals surface area contributed by atoms with Crippen molar-refractivity contribution in [3.63, 3.8) is 0 Å². The number of carbonyl (C=O) groups excluding carboxylic acids is 2. The summed E-state index contributed by atoms with van der Waals surface area (Å²) < 4.78 is 21.1. The van der Waals surface area contributed by atoms with E-state index < -0.39 is 30.4 Å². The molecule has 1 unspecified atom stereocenters. The summed E-state index contributed by atoms with van der Waals surface area (Å²) in [5.74, 6) is -0.833. The Hall–Kier alpha value is -0.410. The van der Waals surface area contributed by atoms with Crippen LogP contribution in [0.2, 0.25) is 0 Å². The van der Waals surface area contributed by atoms with Crippen LogP contribution in [0.4, 0.5) is 0 Å². The number of esters is 2. The molecule has 0 radical (unpaired) electrons. The van der Waals surface area contributed by atoms with Crippen LogP contribution in [0.1, 0.15) is 13.8 Å². The van der Waals surface area contributed by atoms with Crippen LogP contribution < -0.4 is 0 Å². The average molecular weight is 356 g/mol. The molecule has 0 saturated carbocycles. The predicted molar refractivity (Wildman–Crippen MR) is 63.5 cm³/mol. The van der Waals surface area contributed by atoms with E-state index in [9.17, 15) is 9.59 Å². The molecule has 2 rings (SSSR count). The van der Waals surface area contributed by atoms with Crippen LogP contribution in [0.25, 0.3) is 0 Å². The third kappa shape index (κ3) is 2.71. The van der Waals surface area contributed by atoms with Crippen LogP contribution in [-0.2, 0) is 28.5 Å². The second kappa shape index (κ2) is 5.07. The van der Waals surface area contributed by atoms with Crippen LogP contribution in [0.5, 0.6) is 0 Å². The fourth-order valence-electron chi connectivity index (χ4n) is 1.99. The van der Waals surface area contributed by atoms with Gasteiger partial charge in [-0.1, -0.05) is 22.6 Å². The van der Waals surface area contributed by atoms with Crippen molar-refractivity contribution >= 4 is 34.5 Å². The number of alkyl halides is 1. The van der Waals surface area contributed by atoms with Gasteiger partial charge in [0.2, 0.25) is 0 Å². The molecule has 0 aromatic carbocycles. The van der Waals surface area contributed by atoms with E-state index >= 15 is 0 Å². The van der Waals surface area contributed by atoms with Crippen LogP contribution in [0, 0.1) is 0 Å². The van der Waals surface area contributed by atoms with Crippen molar-refractivity contribution in [2.45, 2.75) is 42.4 Å². The van der Waals surface area contributed by atoms with Crippen LogP contribution in [0.15, 0.2) is 0 Å². The Balaban J connectivity index is 2.16. The number of hydrogen-bond donors (Lipinski definition) is 0. The van der Waals surface area contributed by atoms with E-state index in [0.717, 1.165) is 0 Å². The van der Waals surface area contributed by atoms with E-state index in [-0.39, 0.29) is 10.0 Å². The van der Waals surface area contributed by atoms with Gasteiger partial charge in [0.15, 0.2) is 18.5 Å². The summed E-state index contributed by atoms with van der Waals surface area (Å²) in [7, 11) is 0. The monoisotopic (exact) mass is 356 g/mol. The van der Waals surface area contributed by atoms with Crippen LogP contribution in [0.3, 0.4) is 0 Å². The minimum atomic E-state index is -0.600. The molecular formula is C10H13IO6. The predicted octanol–water partition coefficient (Wildman–Crippen LogP) is 0.408. The maximum atomic E-state index is 11.1. The molecule has 0 N–H and O–H groups in total. The summed E-state index contributed by atoms with van der Waals surface area (Å²) in [6.45, 7) is 2.99. The number of halogens is 1. The standard InChI is InChI=1S/C10H13IO6/c1-4(12)15-8-6-3-14-10(17-6)7(11)9(8)16-5(2)13/h6-10H,3H2,1-2H3/t6-,7-,8?,9-,10-/m1/s1. The minimum absolute atomic E-state index is 0.195. The third-order valence-corrected chi connectivity index (χ3v) is 3.90. The van der Waals surface area contributed by atoms with E-state index in [1.807, 2.05) is 0 Å². The topological polar surface area (TPSA) is 71.1 Å². The second-order valence-electron chi connectivity index (χ2n) is 3.97. The number of carbonyl (C=O) groups is 2. The molecule has 2 fully saturated rings. The highest BCUT2D eigenvalue weighted by molar-refractivity contribution is 14.1. The number of rotatable bonds is 2.